The molecule has 0 aromatic rings. The molecule has 56 valence electrons. The lowest BCUT2D eigenvalue weighted by Crippen LogP contribution is -2.34. The van der Waals surface area contributed by atoms with Crippen molar-refractivity contribution in [3.05, 3.63) is 0 Å². The highest BCUT2D eigenvalue weighted by molar-refractivity contribution is 4.69. The van der Waals surface area contributed by atoms with Crippen LogP contribution in [0.3, 0.4) is 0 Å². The van der Waals surface area contributed by atoms with Crippen LogP contribution in [0.25, 0.3) is 0 Å². The zero-order valence-electron chi connectivity index (χ0n) is 5.78. The fourth-order valence-corrected chi connectivity index (χ4v) is 0.563. The van der Waals surface area contributed by atoms with Gasteiger partial charge < -0.3 is 15.3 Å². The first-order valence-corrected chi connectivity index (χ1v) is 3.13. The molecule has 0 spiro atoms. The molecule has 0 radical (unpaired) electrons. The van der Waals surface area contributed by atoms with Gasteiger partial charge in [0.2, 0.25) is 0 Å². The van der Waals surface area contributed by atoms with E-state index < -0.39 is 18.3 Å². The maximum absolute atomic E-state index is 8.89. The quantitative estimate of drug-likeness (QED) is 0.487. The van der Waals surface area contributed by atoms with Crippen LogP contribution in [0, 0.1) is 0 Å². The van der Waals surface area contributed by atoms with E-state index in [1.807, 2.05) is 0 Å². The van der Waals surface area contributed by atoms with Crippen molar-refractivity contribution in [2.45, 2.75) is 38.6 Å². The van der Waals surface area contributed by atoms with Crippen LogP contribution < -0.4 is 0 Å². The van der Waals surface area contributed by atoms with E-state index in [1.54, 1.807) is 6.92 Å². The normalized spacial score (nSPS) is 21.0. The van der Waals surface area contributed by atoms with E-state index in [1.165, 1.54) is 6.92 Å². The summed E-state index contributed by atoms with van der Waals surface area (Å²) in [5.41, 5.74) is 0. The summed E-state index contributed by atoms with van der Waals surface area (Å²) in [6.07, 6.45) is -2.19. The van der Waals surface area contributed by atoms with Crippen molar-refractivity contribution in [1.82, 2.24) is 0 Å². The minimum absolute atomic E-state index is 0.464. The smallest absolute Gasteiger partial charge is 0.105 e. The Labute approximate surface area is 54.9 Å². The van der Waals surface area contributed by atoms with Gasteiger partial charge in [0.05, 0.1) is 12.2 Å². The van der Waals surface area contributed by atoms with E-state index in [9.17, 15) is 0 Å². The molecular formula is C6H14O3. The molecule has 0 saturated heterocycles. The van der Waals surface area contributed by atoms with Gasteiger partial charge in [0.15, 0.2) is 0 Å². The van der Waals surface area contributed by atoms with E-state index >= 15 is 0 Å². The molecule has 0 bridgehead atoms. The summed E-state index contributed by atoms with van der Waals surface area (Å²) in [7, 11) is 0. The lowest BCUT2D eigenvalue weighted by Gasteiger charge is -2.17. The van der Waals surface area contributed by atoms with Crippen molar-refractivity contribution in [3.63, 3.8) is 0 Å². The average Bonchev–Trinajstić information content (AvgIpc) is 1.84. The molecule has 1 unspecified atom stereocenters. The fourth-order valence-electron chi connectivity index (χ4n) is 0.563. The van der Waals surface area contributed by atoms with Crippen molar-refractivity contribution in [1.29, 1.82) is 0 Å². The van der Waals surface area contributed by atoms with Crippen LogP contribution in [0.5, 0.6) is 0 Å². The first-order chi connectivity index (χ1) is 4.09. The molecular weight excluding hydrogens is 120 g/mol. The Bertz CT molecular complexity index is 72.7. The molecule has 0 saturated carbocycles. The molecule has 0 heterocycles. The van der Waals surface area contributed by atoms with Crippen LogP contribution >= 0.6 is 0 Å². The largest absolute Gasteiger partial charge is 0.391 e. The summed E-state index contributed by atoms with van der Waals surface area (Å²) >= 11 is 0. The zero-order valence-corrected chi connectivity index (χ0v) is 5.78. The Hall–Kier alpha value is -0.120. The lowest BCUT2D eigenvalue weighted by molar-refractivity contribution is -0.0524. The van der Waals surface area contributed by atoms with Gasteiger partial charge in [-0.3, -0.25) is 0 Å². The van der Waals surface area contributed by atoms with Crippen LogP contribution in [-0.4, -0.2) is 33.6 Å². The van der Waals surface area contributed by atoms with Gasteiger partial charge in [-0.1, -0.05) is 6.92 Å². The van der Waals surface area contributed by atoms with Crippen molar-refractivity contribution in [3.8, 4) is 0 Å². The molecule has 0 aromatic heterocycles. The summed E-state index contributed by atoms with van der Waals surface area (Å²) in [5, 5.41) is 26.5. The van der Waals surface area contributed by atoms with Crippen molar-refractivity contribution in [2.75, 3.05) is 0 Å². The summed E-state index contributed by atoms with van der Waals surface area (Å²) in [5.74, 6) is 0. The van der Waals surface area contributed by atoms with Gasteiger partial charge in [0.25, 0.3) is 0 Å². The van der Waals surface area contributed by atoms with Crippen LogP contribution in [0.2, 0.25) is 0 Å². The Morgan fingerprint density at radius 3 is 1.78 bits per heavy atom. The second kappa shape index (κ2) is 3.82. The van der Waals surface area contributed by atoms with Gasteiger partial charge >= 0.3 is 0 Å². The van der Waals surface area contributed by atoms with Crippen molar-refractivity contribution in [2.24, 2.45) is 0 Å². The summed E-state index contributed by atoms with van der Waals surface area (Å²) in [6, 6.07) is 0. The second-order valence-electron chi connectivity index (χ2n) is 2.21. The van der Waals surface area contributed by atoms with E-state index in [0.717, 1.165) is 0 Å². The van der Waals surface area contributed by atoms with Crippen molar-refractivity contribution >= 4 is 0 Å². The zero-order chi connectivity index (χ0) is 7.44. The number of aliphatic hydroxyl groups is 3. The Morgan fingerprint density at radius 1 is 1.22 bits per heavy atom. The molecule has 3 atom stereocenters. The highest BCUT2D eigenvalue weighted by Gasteiger charge is 2.18. The van der Waals surface area contributed by atoms with Crippen LogP contribution in [0.4, 0.5) is 0 Å². The minimum atomic E-state index is -1.00. The molecule has 0 aliphatic carbocycles. The van der Waals surface area contributed by atoms with Crippen molar-refractivity contribution < 1.29 is 15.3 Å². The van der Waals surface area contributed by atoms with Crippen LogP contribution in [0.1, 0.15) is 20.3 Å². The number of hydrogen-bond donors (Lipinski definition) is 3. The first kappa shape index (κ1) is 8.88. The first-order valence-electron chi connectivity index (χ1n) is 3.13. The maximum atomic E-state index is 8.89. The third-order valence-electron chi connectivity index (χ3n) is 1.31. The predicted molar refractivity (Wildman–Crippen MR) is 34.0 cm³/mol. The molecule has 0 aliphatic rings. The summed E-state index contributed by atoms with van der Waals surface area (Å²) in [6.45, 7) is 3.19. The highest BCUT2D eigenvalue weighted by atomic mass is 16.4. The van der Waals surface area contributed by atoms with E-state index in [-0.39, 0.29) is 0 Å². The standard InChI is InChI=1S/C6H14O3/c1-3-5(8)6(9)4(2)7/h4-9H,3H2,1-2H3/t4?,5-,6-/m1/s1. The molecule has 0 aliphatic heterocycles. The Kier molecular flexibility index (Phi) is 3.77. The number of hydrogen-bond acceptors (Lipinski definition) is 3. The fraction of sp³-hybridized carbons (Fsp3) is 1.00. The third kappa shape index (κ3) is 2.79. The molecule has 9 heavy (non-hydrogen) atoms. The third-order valence-corrected chi connectivity index (χ3v) is 1.31. The van der Waals surface area contributed by atoms with Gasteiger partial charge in [0.1, 0.15) is 6.10 Å². The molecule has 3 nitrogen and oxygen atoms in total. The predicted octanol–water partition coefficient (Wildman–Crippen LogP) is -0.501. The lowest BCUT2D eigenvalue weighted by atomic mass is 10.1. The average molecular weight is 134 g/mol. The summed E-state index contributed by atoms with van der Waals surface area (Å²) in [4.78, 5) is 0. The Balaban J connectivity index is 3.58. The van der Waals surface area contributed by atoms with Crippen LogP contribution in [-0.2, 0) is 0 Å². The van der Waals surface area contributed by atoms with E-state index in [4.69, 9.17) is 15.3 Å². The van der Waals surface area contributed by atoms with Crippen LogP contribution in [0.15, 0.2) is 0 Å². The molecule has 3 N–H and O–H groups in total. The van der Waals surface area contributed by atoms with E-state index in [2.05, 4.69) is 0 Å². The molecule has 0 rings (SSSR count). The van der Waals surface area contributed by atoms with Gasteiger partial charge in [-0.05, 0) is 13.3 Å². The molecule has 0 fully saturated rings. The monoisotopic (exact) mass is 134 g/mol. The van der Waals surface area contributed by atoms with Gasteiger partial charge in [-0.15, -0.1) is 0 Å². The number of rotatable bonds is 3. The summed E-state index contributed by atoms with van der Waals surface area (Å²) < 4.78 is 0. The van der Waals surface area contributed by atoms with E-state index in [0.29, 0.717) is 6.42 Å². The molecule has 0 aromatic carbocycles. The number of aliphatic hydroxyl groups excluding tert-OH is 3. The highest BCUT2D eigenvalue weighted by Crippen LogP contribution is 2.01. The van der Waals surface area contributed by atoms with Gasteiger partial charge in [-0.25, -0.2) is 0 Å². The molecule has 3 heteroatoms. The topological polar surface area (TPSA) is 60.7 Å². The van der Waals surface area contributed by atoms with Gasteiger partial charge in [0, 0.05) is 0 Å². The second-order valence-corrected chi connectivity index (χ2v) is 2.21. The maximum Gasteiger partial charge on any atom is 0.105 e. The SMILES string of the molecule is CC[C@@H](O)[C@H](O)C(C)O. The molecule has 0 amide bonds. The van der Waals surface area contributed by atoms with Gasteiger partial charge in [-0.2, -0.15) is 0 Å². The Morgan fingerprint density at radius 2 is 1.67 bits per heavy atom. The minimum Gasteiger partial charge on any atom is -0.391 e.